The number of likely N-dealkylation sites (tertiary alicyclic amines) is 1. The van der Waals surface area contributed by atoms with Crippen LogP contribution in [0.25, 0.3) is 0 Å². The number of hydrogen-bond donors (Lipinski definition) is 1. The average Bonchev–Trinajstić information content (AvgIpc) is 3.28. The highest BCUT2D eigenvalue weighted by molar-refractivity contribution is 5.95. The molecule has 6 heteroatoms. The molecular weight excluding hydrogens is 318 g/mol. The van der Waals surface area contributed by atoms with Crippen molar-refractivity contribution in [3.63, 3.8) is 0 Å². The molecule has 0 saturated carbocycles. The Kier molecular flexibility index (Phi) is 4.03. The van der Waals surface area contributed by atoms with Crippen LogP contribution in [-0.2, 0) is 13.0 Å². The van der Waals surface area contributed by atoms with Crippen LogP contribution in [0.2, 0.25) is 0 Å². The van der Waals surface area contributed by atoms with E-state index >= 15 is 0 Å². The molecule has 1 amide bonds. The minimum atomic E-state index is -0.911. The molecule has 0 spiro atoms. The average molecular weight is 339 g/mol. The van der Waals surface area contributed by atoms with Gasteiger partial charge in [-0.2, -0.15) is 5.10 Å². The van der Waals surface area contributed by atoms with Crippen LogP contribution in [0, 0.1) is 0 Å². The lowest BCUT2D eigenvalue weighted by molar-refractivity contribution is 0.0695. The molecule has 2 aromatic rings. The fourth-order valence-electron chi connectivity index (χ4n) is 4.02. The zero-order chi connectivity index (χ0) is 17.4. The Morgan fingerprint density at radius 2 is 1.96 bits per heavy atom. The molecule has 1 N–H and O–H groups in total. The molecule has 130 valence electrons. The quantitative estimate of drug-likeness (QED) is 0.932. The molecule has 1 fully saturated rings. The topological polar surface area (TPSA) is 75.4 Å². The summed E-state index contributed by atoms with van der Waals surface area (Å²) in [5.74, 6) is -0.813. The van der Waals surface area contributed by atoms with Gasteiger partial charge in [-0.05, 0) is 37.3 Å². The predicted molar refractivity (Wildman–Crippen MR) is 91.8 cm³/mol. The van der Waals surface area contributed by atoms with Gasteiger partial charge < -0.3 is 10.0 Å². The predicted octanol–water partition coefficient (Wildman–Crippen LogP) is 2.55. The Morgan fingerprint density at radius 3 is 2.80 bits per heavy atom. The maximum Gasteiger partial charge on any atom is 0.335 e. The van der Waals surface area contributed by atoms with E-state index < -0.39 is 5.97 Å². The Labute approximate surface area is 146 Å². The first-order chi connectivity index (χ1) is 12.1. The summed E-state index contributed by atoms with van der Waals surface area (Å²) in [5.41, 5.74) is 2.92. The highest BCUT2D eigenvalue weighted by Gasteiger charge is 2.32. The van der Waals surface area contributed by atoms with Crippen molar-refractivity contribution < 1.29 is 14.7 Å². The number of amides is 1. The highest BCUT2D eigenvalue weighted by atomic mass is 16.4. The molecule has 0 bridgehead atoms. The zero-order valence-electron chi connectivity index (χ0n) is 14.0. The van der Waals surface area contributed by atoms with Crippen LogP contribution < -0.4 is 0 Å². The molecule has 0 radical (unpaired) electrons. The Balaban J connectivity index is 1.54. The van der Waals surface area contributed by atoms with Crippen molar-refractivity contribution in [3.8, 4) is 0 Å². The minimum absolute atomic E-state index is 0.0263. The Morgan fingerprint density at radius 1 is 1.12 bits per heavy atom. The SMILES string of the molecule is O=C(O)c1ccccc1[C@@H]1CCN(C(=O)c2cnn3c2CCCC3)C1. The van der Waals surface area contributed by atoms with Gasteiger partial charge in [-0.15, -0.1) is 0 Å². The van der Waals surface area contributed by atoms with Gasteiger partial charge >= 0.3 is 5.97 Å². The van der Waals surface area contributed by atoms with Gasteiger partial charge in [0.25, 0.3) is 5.91 Å². The van der Waals surface area contributed by atoms with Crippen LogP contribution in [0.5, 0.6) is 0 Å². The number of aryl methyl sites for hydroxylation is 1. The van der Waals surface area contributed by atoms with Crippen molar-refractivity contribution in [1.29, 1.82) is 0 Å². The van der Waals surface area contributed by atoms with Crippen molar-refractivity contribution in [2.45, 2.75) is 38.1 Å². The molecule has 1 atom stereocenters. The lowest BCUT2D eigenvalue weighted by Gasteiger charge is -2.19. The third-order valence-electron chi connectivity index (χ3n) is 5.32. The van der Waals surface area contributed by atoms with Gasteiger partial charge in [0.05, 0.1) is 23.0 Å². The van der Waals surface area contributed by atoms with Crippen LogP contribution in [0.3, 0.4) is 0 Å². The number of hydrogen-bond acceptors (Lipinski definition) is 3. The number of carbonyl (C=O) groups is 2. The normalized spacial score (nSPS) is 19.7. The number of aromatic carboxylic acids is 1. The Hall–Kier alpha value is -2.63. The smallest absolute Gasteiger partial charge is 0.335 e. The van der Waals surface area contributed by atoms with Gasteiger partial charge in [0, 0.05) is 25.6 Å². The fraction of sp³-hybridized carbons (Fsp3) is 0.421. The van der Waals surface area contributed by atoms with Crippen LogP contribution >= 0.6 is 0 Å². The van der Waals surface area contributed by atoms with Crippen LogP contribution in [0.4, 0.5) is 0 Å². The third kappa shape index (κ3) is 2.81. The standard InChI is InChI=1S/C19H21N3O3/c23-18(16-11-20-22-9-4-3-7-17(16)22)21-10-8-13(12-21)14-5-1-2-6-15(14)19(24)25/h1-2,5-6,11,13H,3-4,7-10,12H2,(H,24,25)/t13-/m1/s1. The molecule has 2 aliphatic rings. The van der Waals surface area contributed by atoms with E-state index in [1.165, 1.54) is 0 Å². The van der Waals surface area contributed by atoms with Crippen LogP contribution in [0.1, 0.15) is 57.2 Å². The zero-order valence-corrected chi connectivity index (χ0v) is 14.0. The van der Waals surface area contributed by atoms with Crippen molar-refractivity contribution in [2.75, 3.05) is 13.1 Å². The summed E-state index contributed by atoms with van der Waals surface area (Å²) in [6.45, 7) is 2.10. The van der Waals surface area contributed by atoms with Crippen molar-refractivity contribution in [3.05, 3.63) is 52.8 Å². The minimum Gasteiger partial charge on any atom is -0.478 e. The molecule has 2 aliphatic heterocycles. The highest BCUT2D eigenvalue weighted by Crippen LogP contribution is 2.31. The first kappa shape index (κ1) is 15.9. The molecule has 0 unspecified atom stereocenters. The monoisotopic (exact) mass is 339 g/mol. The van der Waals surface area contributed by atoms with Gasteiger partial charge in [-0.3, -0.25) is 9.48 Å². The summed E-state index contributed by atoms with van der Waals surface area (Å²) in [5, 5.41) is 13.7. The molecule has 0 aliphatic carbocycles. The molecule has 6 nitrogen and oxygen atoms in total. The number of carboxylic acid groups (broad SMARTS) is 1. The molecular formula is C19H21N3O3. The van der Waals surface area contributed by atoms with Crippen molar-refractivity contribution in [2.24, 2.45) is 0 Å². The second kappa shape index (κ2) is 6.35. The number of fused-ring (bicyclic) bond motifs is 1. The van der Waals surface area contributed by atoms with Crippen LogP contribution in [-0.4, -0.2) is 44.8 Å². The van der Waals surface area contributed by atoms with Crippen LogP contribution in [0.15, 0.2) is 30.5 Å². The summed E-state index contributed by atoms with van der Waals surface area (Å²) in [7, 11) is 0. The largest absolute Gasteiger partial charge is 0.478 e. The second-order valence-electron chi connectivity index (χ2n) is 6.81. The number of aromatic nitrogens is 2. The van der Waals surface area contributed by atoms with E-state index in [0.717, 1.165) is 43.5 Å². The van der Waals surface area contributed by atoms with E-state index in [9.17, 15) is 14.7 Å². The van der Waals surface area contributed by atoms with Gasteiger partial charge in [-0.1, -0.05) is 18.2 Å². The first-order valence-corrected chi connectivity index (χ1v) is 8.81. The van der Waals surface area contributed by atoms with Gasteiger partial charge in [0.2, 0.25) is 0 Å². The van der Waals surface area contributed by atoms with Crippen molar-refractivity contribution in [1.82, 2.24) is 14.7 Å². The number of nitrogens with zero attached hydrogens (tertiary/aromatic N) is 3. The van der Waals surface area contributed by atoms with Gasteiger partial charge in [0.1, 0.15) is 0 Å². The van der Waals surface area contributed by atoms with Gasteiger partial charge in [-0.25, -0.2) is 4.79 Å². The summed E-state index contributed by atoms with van der Waals surface area (Å²) in [4.78, 5) is 26.2. The van der Waals surface area contributed by atoms with Crippen molar-refractivity contribution >= 4 is 11.9 Å². The third-order valence-corrected chi connectivity index (χ3v) is 5.32. The molecule has 4 rings (SSSR count). The molecule has 3 heterocycles. The summed E-state index contributed by atoms with van der Waals surface area (Å²) >= 11 is 0. The molecule has 1 aromatic carbocycles. The molecule has 1 aromatic heterocycles. The fourth-order valence-corrected chi connectivity index (χ4v) is 4.02. The first-order valence-electron chi connectivity index (χ1n) is 8.81. The summed E-state index contributed by atoms with van der Waals surface area (Å²) < 4.78 is 1.95. The lowest BCUT2D eigenvalue weighted by atomic mass is 9.93. The van der Waals surface area contributed by atoms with Gasteiger partial charge in [0.15, 0.2) is 0 Å². The molecule has 25 heavy (non-hydrogen) atoms. The maximum absolute atomic E-state index is 12.9. The van der Waals surface area contributed by atoms with E-state index in [2.05, 4.69) is 5.10 Å². The van der Waals surface area contributed by atoms with E-state index in [-0.39, 0.29) is 11.8 Å². The second-order valence-corrected chi connectivity index (χ2v) is 6.81. The van der Waals surface area contributed by atoms with E-state index in [1.807, 2.05) is 21.7 Å². The van der Waals surface area contributed by atoms with E-state index in [1.54, 1.807) is 18.3 Å². The molecule has 1 saturated heterocycles. The van der Waals surface area contributed by atoms with E-state index in [4.69, 9.17) is 0 Å². The number of carboxylic acids is 1. The maximum atomic E-state index is 12.9. The number of carbonyl (C=O) groups excluding carboxylic acids is 1. The summed E-state index contributed by atoms with van der Waals surface area (Å²) in [6, 6.07) is 7.10. The number of rotatable bonds is 3. The Bertz CT molecular complexity index is 827. The summed E-state index contributed by atoms with van der Waals surface area (Å²) in [6.07, 6.45) is 5.60. The van der Waals surface area contributed by atoms with E-state index in [0.29, 0.717) is 24.2 Å². The number of benzene rings is 1. The lowest BCUT2D eigenvalue weighted by Crippen LogP contribution is -2.29.